The van der Waals surface area contributed by atoms with Crippen LogP contribution >= 0.6 is 0 Å². The molecule has 0 atom stereocenters. The Bertz CT molecular complexity index is 803. The van der Waals surface area contributed by atoms with Gasteiger partial charge in [-0.25, -0.2) is 4.39 Å². The van der Waals surface area contributed by atoms with E-state index < -0.39 is 11.7 Å². The lowest BCUT2D eigenvalue weighted by Crippen LogP contribution is -2.36. The Kier molecular flexibility index (Phi) is 7.15. The molecule has 6 nitrogen and oxygen atoms in total. The molecule has 0 fully saturated rings. The fraction of sp³-hybridized carbons (Fsp3) is 0.350. The molecule has 2 aromatic carbocycles. The standard InChI is InChI=1S/C20H24FNO5/c1-13-4-5-17(14(2)10-13)27-19-12-16(21)15(11-18(19)26-3)20(25)22(6-8-23)7-9-24/h4-5,10-12,23-24H,6-9H2,1-3H3. The Labute approximate surface area is 157 Å². The molecule has 0 unspecified atom stereocenters. The summed E-state index contributed by atoms with van der Waals surface area (Å²) in [5, 5.41) is 18.1. The van der Waals surface area contributed by atoms with Crippen LogP contribution in [-0.4, -0.2) is 54.4 Å². The number of benzene rings is 2. The number of amides is 1. The first kappa shape index (κ1) is 20.7. The van der Waals surface area contributed by atoms with Gasteiger partial charge < -0.3 is 24.6 Å². The predicted octanol–water partition coefficient (Wildman–Crippen LogP) is 2.67. The van der Waals surface area contributed by atoms with Crippen molar-refractivity contribution in [2.45, 2.75) is 13.8 Å². The van der Waals surface area contributed by atoms with Gasteiger partial charge in [-0.05, 0) is 31.5 Å². The van der Waals surface area contributed by atoms with Gasteiger partial charge in [0.2, 0.25) is 0 Å². The van der Waals surface area contributed by atoms with Crippen molar-refractivity contribution in [2.75, 3.05) is 33.4 Å². The number of hydrogen-bond acceptors (Lipinski definition) is 5. The van der Waals surface area contributed by atoms with E-state index in [4.69, 9.17) is 19.7 Å². The molecule has 2 aromatic rings. The predicted molar refractivity (Wildman–Crippen MR) is 99.0 cm³/mol. The maximum Gasteiger partial charge on any atom is 0.257 e. The molecule has 0 saturated heterocycles. The number of carbonyl (C=O) groups excluding carboxylic acids is 1. The van der Waals surface area contributed by atoms with Gasteiger partial charge >= 0.3 is 0 Å². The van der Waals surface area contributed by atoms with E-state index in [0.717, 1.165) is 17.2 Å². The summed E-state index contributed by atoms with van der Waals surface area (Å²) in [6, 6.07) is 7.97. The molecule has 0 bridgehead atoms. The molecular weight excluding hydrogens is 353 g/mol. The summed E-state index contributed by atoms with van der Waals surface area (Å²) in [6.07, 6.45) is 0. The number of aliphatic hydroxyl groups is 2. The summed E-state index contributed by atoms with van der Waals surface area (Å²) >= 11 is 0. The number of aryl methyl sites for hydroxylation is 2. The molecule has 0 saturated carbocycles. The summed E-state index contributed by atoms with van der Waals surface area (Å²) in [5.74, 6) is -0.519. The topological polar surface area (TPSA) is 79.2 Å². The van der Waals surface area contributed by atoms with E-state index >= 15 is 0 Å². The van der Waals surface area contributed by atoms with Crippen LogP contribution in [0.2, 0.25) is 0 Å². The summed E-state index contributed by atoms with van der Waals surface area (Å²) < 4.78 is 25.7. The van der Waals surface area contributed by atoms with Crippen LogP contribution < -0.4 is 9.47 Å². The smallest absolute Gasteiger partial charge is 0.257 e. The number of methoxy groups -OCH3 is 1. The minimum Gasteiger partial charge on any atom is -0.493 e. The van der Waals surface area contributed by atoms with Crippen LogP contribution in [0.4, 0.5) is 4.39 Å². The van der Waals surface area contributed by atoms with Gasteiger partial charge in [-0.3, -0.25) is 4.79 Å². The van der Waals surface area contributed by atoms with Crippen LogP contribution in [0.5, 0.6) is 17.2 Å². The third-order valence-corrected chi connectivity index (χ3v) is 4.06. The Hall–Kier alpha value is -2.64. The molecule has 0 aliphatic rings. The number of ether oxygens (including phenoxy) is 2. The lowest BCUT2D eigenvalue weighted by molar-refractivity contribution is 0.0679. The second kappa shape index (κ2) is 9.34. The highest BCUT2D eigenvalue weighted by Crippen LogP contribution is 2.35. The van der Waals surface area contributed by atoms with E-state index in [1.54, 1.807) is 6.07 Å². The van der Waals surface area contributed by atoms with Gasteiger partial charge in [0.05, 0.1) is 25.9 Å². The fourth-order valence-electron chi connectivity index (χ4n) is 2.70. The highest BCUT2D eigenvalue weighted by Gasteiger charge is 2.22. The SMILES string of the molecule is COc1cc(C(=O)N(CCO)CCO)c(F)cc1Oc1ccc(C)cc1C. The molecule has 7 heteroatoms. The van der Waals surface area contributed by atoms with E-state index in [0.29, 0.717) is 5.75 Å². The summed E-state index contributed by atoms with van der Waals surface area (Å²) in [7, 11) is 1.40. The molecule has 146 valence electrons. The molecule has 1 amide bonds. The highest BCUT2D eigenvalue weighted by atomic mass is 19.1. The Morgan fingerprint density at radius 2 is 1.70 bits per heavy atom. The van der Waals surface area contributed by atoms with E-state index in [-0.39, 0.29) is 43.4 Å². The average Bonchev–Trinajstić information content (AvgIpc) is 2.63. The molecule has 27 heavy (non-hydrogen) atoms. The third kappa shape index (κ3) is 4.96. The molecule has 0 aliphatic heterocycles. The van der Waals surface area contributed by atoms with Crippen molar-refractivity contribution in [2.24, 2.45) is 0 Å². The Morgan fingerprint density at radius 1 is 1.04 bits per heavy atom. The van der Waals surface area contributed by atoms with Gasteiger partial charge in [0.15, 0.2) is 11.5 Å². The maximum absolute atomic E-state index is 14.6. The number of nitrogens with zero attached hydrogens (tertiary/aromatic N) is 1. The first-order valence-electron chi connectivity index (χ1n) is 8.54. The number of rotatable bonds is 8. The summed E-state index contributed by atoms with van der Waals surface area (Å²) in [6.45, 7) is 3.23. The minimum absolute atomic E-state index is 0.0119. The normalized spacial score (nSPS) is 10.6. The van der Waals surface area contributed by atoms with Crippen LogP contribution in [0.15, 0.2) is 30.3 Å². The van der Waals surface area contributed by atoms with Crippen molar-refractivity contribution < 1.29 is 28.9 Å². The van der Waals surface area contributed by atoms with Gasteiger partial charge in [-0.2, -0.15) is 0 Å². The maximum atomic E-state index is 14.6. The van der Waals surface area contributed by atoms with Crippen LogP contribution in [0.1, 0.15) is 21.5 Å². The molecule has 0 aliphatic carbocycles. The molecule has 0 spiro atoms. The van der Waals surface area contributed by atoms with Crippen LogP contribution in [0, 0.1) is 19.7 Å². The van der Waals surface area contributed by atoms with E-state index in [2.05, 4.69) is 0 Å². The number of halogens is 1. The number of aliphatic hydroxyl groups excluding tert-OH is 2. The van der Waals surface area contributed by atoms with Crippen molar-refractivity contribution in [3.05, 3.63) is 52.8 Å². The quantitative estimate of drug-likeness (QED) is 0.739. The van der Waals surface area contributed by atoms with Gasteiger partial charge in [-0.1, -0.05) is 17.7 Å². The molecular formula is C20H24FNO5. The monoisotopic (exact) mass is 377 g/mol. The van der Waals surface area contributed by atoms with E-state index in [1.165, 1.54) is 18.1 Å². The molecule has 2 N–H and O–H groups in total. The van der Waals surface area contributed by atoms with Crippen LogP contribution in [0.3, 0.4) is 0 Å². The molecule has 0 aromatic heterocycles. The van der Waals surface area contributed by atoms with Crippen LogP contribution in [0.25, 0.3) is 0 Å². The van der Waals surface area contributed by atoms with E-state index in [9.17, 15) is 9.18 Å². The average molecular weight is 377 g/mol. The van der Waals surface area contributed by atoms with Gasteiger partial charge in [0, 0.05) is 19.2 Å². The van der Waals surface area contributed by atoms with E-state index in [1.807, 2.05) is 26.0 Å². The number of hydrogen-bond donors (Lipinski definition) is 2. The van der Waals surface area contributed by atoms with Crippen molar-refractivity contribution >= 4 is 5.91 Å². The largest absolute Gasteiger partial charge is 0.493 e. The summed E-state index contributed by atoms with van der Waals surface area (Å²) in [5.41, 5.74) is 1.74. The van der Waals surface area contributed by atoms with Crippen molar-refractivity contribution in [1.82, 2.24) is 4.90 Å². The lowest BCUT2D eigenvalue weighted by atomic mass is 10.1. The lowest BCUT2D eigenvalue weighted by Gasteiger charge is -2.21. The minimum atomic E-state index is -0.776. The molecule has 2 rings (SSSR count). The highest BCUT2D eigenvalue weighted by molar-refractivity contribution is 5.95. The van der Waals surface area contributed by atoms with Gasteiger partial charge in [-0.15, -0.1) is 0 Å². The first-order valence-corrected chi connectivity index (χ1v) is 8.54. The fourth-order valence-corrected chi connectivity index (χ4v) is 2.70. The van der Waals surface area contributed by atoms with Gasteiger partial charge in [0.25, 0.3) is 5.91 Å². The zero-order valence-electron chi connectivity index (χ0n) is 15.7. The van der Waals surface area contributed by atoms with Crippen LogP contribution in [-0.2, 0) is 0 Å². The molecule has 0 heterocycles. The zero-order chi connectivity index (χ0) is 20.0. The zero-order valence-corrected chi connectivity index (χ0v) is 15.7. The molecule has 0 radical (unpaired) electrons. The van der Waals surface area contributed by atoms with Crippen molar-refractivity contribution in [3.8, 4) is 17.2 Å². The third-order valence-electron chi connectivity index (χ3n) is 4.06. The second-order valence-electron chi connectivity index (χ2n) is 6.09. The van der Waals surface area contributed by atoms with Crippen molar-refractivity contribution in [1.29, 1.82) is 0 Å². The second-order valence-corrected chi connectivity index (χ2v) is 6.09. The van der Waals surface area contributed by atoms with Gasteiger partial charge in [0.1, 0.15) is 11.6 Å². The van der Waals surface area contributed by atoms with Crippen molar-refractivity contribution in [3.63, 3.8) is 0 Å². The first-order chi connectivity index (χ1) is 12.9. The Morgan fingerprint density at radius 3 is 2.26 bits per heavy atom. The number of carbonyl (C=O) groups is 1. The summed E-state index contributed by atoms with van der Waals surface area (Å²) in [4.78, 5) is 13.7. The Balaban J connectivity index is 2.37.